The number of nitrogens with one attached hydrogen (secondary N) is 2. The molecule has 2 aromatic heterocycles. The quantitative estimate of drug-likeness (QED) is 0.752. The summed E-state index contributed by atoms with van der Waals surface area (Å²) in [6.07, 6.45) is 1.44. The maximum absolute atomic E-state index is 12.4. The molecule has 2 heterocycles. The van der Waals surface area contributed by atoms with Crippen LogP contribution in [0.3, 0.4) is 0 Å². The largest absolute Gasteiger partial charge is 0.360 e. The Kier molecular flexibility index (Phi) is 3.90. The minimum absolute atomic E-state index is 0.0587. The highest BCUT2D eigenvalue weighted by atomic mass is 35.5. The summed E-state index contributed by atoms with van der Waals surface area (Å²) in [6, 6.07) is 6.60. The third-order valence-electron chi connectivity index (χ3n) is 3.21. The van der Waals surface area contributed by atoms with E-state index in [2.05, 4.69) is 14.8 Å². The number of aromatic amines is 1. The third-order valence-corrected chi connectivity index (χ3v) is 5.24. The molecule has 0 amide bonds. The normalized spacial score (nSPS) is 12.1. The molecule has 0 fully saturated rings. The Morgan fingerprint density at radius 1 is 1.32 bits per heavy atom. The van der Waals surface area contributed by atoms with Crippen molar-refractivity contribution in [1.82, 2.24) is 19.5 Å². The van der Waals surface area contributed by atoms with Gasteiger partial charge in [-0.3, -0.25) is 4.68 Å². The Balaban J connectivity index is 1.88. The molecular weight excluding hydrogens is 347 g/mol. The van der Waals surface area contributed by atoms with Crippen LogP contribution in [-0.2, 0) is 23.6 Å². The van der Waals surface area contributed by atoms with E-state index in [-0.39, 0.29) is 11.4 Å². The number of H-pyrrole nitrogens is 1. The molecule has 3 aromatic rings. The predicted octanol–water partition coefficient (Wildman–Crippen LogP) is 2.69. The van der Waals surface area contributed by atoms with Crippen LogP contribution < -0.4 is 4.72 Å². The first-order chi connectivity index (χ1) is 10.4. The first-order valence-electron chi connectivity index (χ1n) is 6.31. The summed E-state index contributed by atoms with van der Waals surface area (Å²) in [5.74, 6) is 0. The van der Waals surface area contributed by atoms with Gasteiger partial charge in [0, 0.05) is 29.2 Å². The lowest BCUT2D eigenvalue weighted by Crippen LogP contribution is -2.23. The van der Waals surface area contributed by atoms with Crippen LogP contribution in [0.1, 0.15) is 5.69 Å². The minimum atomic E-state index is -3.67. The molecule has 0 saturated heterocycles. The van der Waals surface area contributed by atoms with Crippen LogP contribution in [0.2, 0.25) is 10.2 Å². The molecule has 0 unspecified atom stereocenters. The van der Waals surface area contributed by atoms with Crippen molar-refractivity contribution in [2.45, 2.75) is 11.4 Å². The van der Waals surface area contributed by atoms with E-state index in [1.807, 2.05) is 0 Å². The van der Waals surface area contributed by atoms with Gasteiger partial charge < -0.3 is 4.98 Å². The SMILES string of the molecule is Cn1nc(CNS(=O)(=O)c2c[nH]c3cc(Cl)ccc23)cc1Cl. The summed E-state index contributed by atoms with van der Waals surface area (Å²) < 4.78 is 28.8. The molecule has 2 N–H and O–H groups in total. The van der Waals surface area contributed by atoms with Crippen molar-refractivity contribution < 1.29 is 8.42 Å². The second-order valence-electron chi connectivity index (χ2n) is 4.75. The van der Waals surface area contributed by atoms with Gasteiger partial charge in [0.2, 0.25) is 10.0 Å². The molecule has 0 aliphatic heterocycles. The van der Waals surface area contributed by atoms with Crippen LogP contribution in [0.4, 0.5) is 0 Å². The van der Waals surface area contributed by atoms with Crippen molar-refractivity contribution >= 4 is 44.1 Å². The van der Waals surface area contributed by atoms with Gasteiger partial charge in [-0.05, 0) is 24.3 Å². The van der Waals surface area contributed by atoms with Gasteiger partial charge in [-0.15, -0.1) is 0 Å². The molecule has 3 rings (SSSR count). The summed E-state index contributed by atoms with van der Waals surface area (Å²) in [4.78, 5) is 3.07. The molecule has 9 heteroatoms. The topological polar surface area (TPSA) is 79.8 Å². The fourth-order valence-corrected chi connectivity index (χ4v) is 3.64. The maximum atomic E-state index is 12.4. The zero-order chi connectivity index (χ0) is 15.9. The van der Waals surface area contributed by atoms with Crippen LogP contribution in [0.25, 0.3) is 10.9 Å². The zero-order valence-corrected chi connectivity index (χ0v) is 13.8. The molecule has 0 radical (unpaired) electrons. The van der Waals surface area contributed by atoms with E-state index >= 15 is 0 Å². The van der Waals surface area contributed by atoms with Gasteiger partial charge in [0.05, 0.1) is 12.2 Å². The van der Waals surface area contributed by atoms with Crippen molar-refractivity contribution in [1.29, 1.82) is 0 Å². The number of aromatic nitrogens is 3. The Hall–Kier alpha value is -1.54. The van der Waals surface area contributed by atoms with E-state index in [4.69, 9.17) is 23.2 Å². The van der Waals surface area contributed by atoms with E-state index in [0.717, 1.165) is 0 Å². The summed E-state index contributed by atoms with van der Waals surface area (Å²) in [6.45, 7) is 0.0587. The highest BCUT2D eigenvalue weighted by Crippen LogP contribution is 2.25. The number of benzene rings is 1. The fraction of sp³-hybridized carbons (Fsp3) is 0.154. The number of aryl methyl sites for hydroxylation is 1. The minimum Gasteiger partial charge on any atom is -0.360 e. The van der Waals surface area contributed by atoms with Crippen LogP contribution >= 0.6 is 23.2 Å². The van der Waals surface area contributed by atoms with Gasteiger partial charge in [-0.25, -0.2) is 13.1 Å². The highest BCUT2D eigenvalue weighted by molar-refractivity contribution is 7.89. The number of nitrogens with zero attached hydrogens (tertiary/aromatic N) is 2. The molecule has 0 aliphatic rings. The fourth-order valence-electron chi connectivity index (χ4n) is 2.13. The Labute approximate surface area is 137 Å². The molecule has 0 atom stereocenters. The van der Waals surface area contributed by atoms with E-state index < -0.39 is 10.0 Å². The number of hydrogen-bond acceptors (Lipinski definition) is 3. The average molecular weight is 359 g/mol. The first-order valence-corrected chi connectivity index (χ1v) is 8.55. The van der Waals surface area contributed by atoms with Gasteiger partial charge in [0.1, 0.15) is 10.0 Å². The Bertz CT molecular complexity index is 927. The second kappa shape index (κ2) is 5.58. The van der Waals surface area contributed by atoms with Gasteiger partial charge >= 0.3 is 0 Å². The smallest absolute Gasteiger partial charge is 0.243 e. The van der Waals surface area contributed by atoms with Gasteiger partial charge in [-0.1, -0.05) is 23.2 Å². The van der Waals surface area contributed by atoms with Crippen LogP contribution in [-0.4, -0.2) is 23.2 Å². The average Bonchev–Trinajstić information content (AvgIpc) is 3.01. The predicted molar refractivity (Wildman–Crippen MR) is 85.6 cm³/mol. The zero-order valence-electron chi connectivity index (χ0n) is 11.5. The maximum Gasteiger partial charge on any atom is 0.243 e. The summed E-state index contributed by atoms with van der Waals surface area (Å²) in [7, 11) is -1.99. The van der Waals surface area contributed by atoms with Crippen LogP contribution in [0.5, 0.6) is 0 Å². The Morgan fingerprint density at radius 3 is 2.77 bits per heavy atom. The molecule has 1 aromatic carbocycles. The van der Waals surface area contributed by atoms with E-state index in [1.54, 1.807) is 31.3 Å². The van der Waals surface area contributed by atoms with Gasteiger partial charge in [-0.2, -0.15) is 5.10 Å². The molecule has 0 aliphatic carbocycles. The molecule has 0 saturated carbocycles. The van der Waals surface area contributed by atoms with E-state index in [9.17, 15) is 8.42 Å². The molecule has 116 valence electrons. The number of rotatable bonds is 4. The third kappa shape index (κ3) is 2.85. The molecule has 0 bridgehead atoms. The van der Waals surface area contributed by atoms with Crippen molar-refractivity contribution in [3.05, 3.63) is 46.3 Å². The van der Waals surface area contributed by atoms with E-state index in [1.165, 1.54) is 10.9 Å². The van der Waals surface area contributed by atoms with E-state index in [0.29, 0.717) is 26.8 Å². The number of sulfonamides is 1. The molecule has 6 nitrogen and oxygen atoms in total. The highest BCUT2D eigenvalue weighted by Gasteiger charge is 2.19. The lowest BCUT2D eigenvalue weighted by atomic mass is 10.2. The van der Waals surface area contributed by atoms with Gasteiger partial charge in [0.25, 0.3) is 0 Å². The Morgan fingerprint density at radius 2 is 2.09 bits per heavy atom. The number of hydrogen-bond donors (Lipinski definition) is 2. The lowest BCUT2D eigenvalue weighted by Gasteiger charge is -2.04. The lowest BCUT2D eigenvalue weighted by molar-refractivity contribution is 0.580. The molecule has 0 spiro atoms. The van der Waals surface area contributed by atoms with Crippen LogP contribution in [0, 0.1) is 0 Å². The van der Waals surface area contributed by atoms with Crippen molar-refractivity contribution in [2.24, 2.45) is 7.05 Å². The van der Waals surface area contributed by atoms with Crippen LogP contribution in [0.15, 0.2) is 35.4 Å². The molecular formula is C13H12Cl2N4O2S. The summed E-state index contributed by atoms with van der Waals surface area (Å²) in [5.41, 5.74) is 1.20. The summed E-state index contributed by atoms with van der Waals surface area (Å²) >= 11 is 11.8. The van der Waals surface area contributed by atoms with Crippen molar-refractivity contribution in [2.75, 3.05) is 0 Å². The number of halogens is 2. The van der Waals surface area contributed by atoms with Crippen molar-refractivity contribution in [3.63, 3.8) is 0 Å². The molecule has 22 heavy (non-hydrogen) atoms. The monoisotopic (exact) mass is 358 g/mol. The first kappa shape index (κ1) is 15.4. The standard InChI is InChI=1S/C13H12Cl2N4O2S/c1-19-13(15)5-9(18-19)6-17-22(20,21)12-7-16-11-4-8(14)2-3-10(11)12/h2-5,7,16-17H,6H2,1H3. The van der Waals surface area contributed by atoms with Gasteiger partial charge in [0.15, 0.2) is 0 Å². The number of fused-ring (bicyclic) bond motifs is 1. The second-order valence-corrected chi connectivity index (χ2v) is 7.31. The van der Waals surface area contributed by atoms with Crippen molar-refractivity contribution in [3.8, 4) is 0 Å². The summed E-state index contributed by atoms with van der Waals surface area (Å²) in [5, 5.41) is 5.66.